The van der Waals surface area contributed by atoms with Crippen molar-refractivity contribution < 1.29 is 9.47 Å². The molecular weight excluding hydrogens is 288 g/mol. The van der Waals surface area contributed by atoms with Gasteiger partial charge >= 0.3 is 0 Å². The molecule has 3 rings (SSSR count). The fourth-order valence-corrected chi connectivity index (χ4v) is 2.13. The number of nitrogens with two attached hydrogens (primary N) is 2. The lowest BCUT2D eigenvalue weighted by atomic mass is 10.2. The summed E-state index contributed by atoms with van der Waals surface area (Å²) in [5.74, 6) is 3.01. The zero-order valence-electron chi connectivity index (χ0n) is 12.8. The van der Waals surface area contributed by atoms with E-state index in [9.17, 15) is 0 Å². The Labute approximate surface area is 135 Å². The van der Waals surface area contributed by atoms with Gasteiger partial charge in [-0.15, -0.1) is 0 Å². The van der Waals surface area contributed by atoms with E-state index in [0.29, 0.717) is 11.4 Å². The van der Waals surface area contributed by atoms with Crippen LogP contribution in [0, 0.1) is 6.92 Å². The predicted molar refractivity (Wildman–Crippen MR) is 93.0 cm³/mol. The van der Waals surface area contributed by atoms with E-state index in [1.807, 2.05) is 61.5 Å². The van der Waals surface area contributed by atoms with Gasteiger partial charge in [0.1, 0.15) is 23.0 Å². The van der Waals surface area contributed by atoms with E-state index >= 15 is 0 Å². The summed E-state index contributed by atoms with van der Waals surface area (Å²) in [6, 6.07) is 20.3. The summed E-state index contributed by atoms with van der Waals surface area (Å²) in [6.07, 6.45) is 0. The second-order valence-corrected chi connectivity index (χ2v) is 5.27. The van der Waals surface area contributed by atoms with Crippen molar-refractivity contribution in [2.45, 2.75) is 6.92 Å². The first kappa shape index (κ1) is 14.8. The highest BCUT2D eigenvalue weighted by Crippen LogP contribution is 2.30. The lowest BCUT2D eigenvalue weighted by molar-refractivity contribution is 0.466. The standard InChI is InChI=1S/C19H18N2O2/c1-13-12-18(22-16-6-2-14(20)3-7-16)10-11-19(13)23-17-8-4-15(21)5-9-17/h2-12H,20-21H2,1H3. The van der Waals surface area contributed by atoms with Crippen molar-refractivity contribution in [2.24, 2.45) is 0 Å². The molecule has 4 N–H and O–H groups in total. The van der Waals surface area contributed by atoms with Crippen LogP contribution in [0.3, 0.4) is 0 Å². The molecule has 0 spiro atoms. The summed E-state index contributed by atoms with van der Waals surface area (Å²) in [4.78, 5) is 0. The van der Waals surface area contributed by atoms with Crippen LogP contribution in [-0.2, 0) is 0 Å². The van der Waals surface area contributed by atoms with Crippen LogP contribution in [0.5, 0.6) is 23.0 Å². The number of aryl methyl sites for hydroxylation is 1. The van der Waals surface area contributed by atoms with Crippen LogP contribution in [0.2, 0.25) is 0 Å². The maximum Gasteiger partial charge on any atom is 0.130 e. The minimum absolute atomic E-state index is 0.709. The Kier molecular flexibility index (Phi) is 4.06. The first-order chi connectivity index (χ1) is 11.1. The zero-order chi connectivity index (χ0) is 16.2. The molecule has 116 valence electrons. The average Bonchev–Trinajstić information content (AvgIpc) is 2.54. The second-order valence-electron chi connectivity index (χ2n) is 5.27. The highest BCUT2D eigenvalue weighted by Gasteiger charge is 2.05. The van der Waals surface area contributed by atoms with Crippen molar-refractivity contribution in [2.75, 3.05) is 11.5 Å². The van der Waals surface area contributed by atoms with E-state index in [4.69, 9.17) is 20.9 Å². The predicted octanol–water partition coefficient (Wildman–Crippen LogP) is 4.74. The quantitative estimate of drug-likeness (QED) is 0.683. The van der Waals surface area contributed by atoms with Crippen molar-refractivity contribution in [3.8, 4) is 23.0 Å². The molecule has 0 radical (unpaired) electrons. The summed E-state index contributed by atoms with van der Waals surface area (Å²) in [7, 11) is 0. The van der Waals surface area contributed by atoms with E-state index in [-0.39, 0.29) is 0 Å². The molecule has 0 aliphatic heterocycles. The van der Waals surface area contributed by atoms with Crippen LogP contribution in [0.15, 0.2) is 66.7 Å². The Balaban J connectivity index is 1.75. The molecule has 0 unspecified atom stereocenters. The molecule has 4 nitrogen and oxygen atoms in total. The smallest absolute Gasteiger partial charge is 0.130 e. The third-order valence-electron chi connectivity index (χ3n) is 3.37. The molecule has 0 bridgehead atoms. The first-order valence-corrected chi connectivity index (χ1v) is 7.27. The van der Waals surface area contributed by atoms with Crippen molar-refractivity contribution in [1.82, 2.24) is 0 Å². The van der Waals surface area contributed by atoms with Gasteiger partial charge in [0.15, 0.2) is 0 Å². The van der Waals surface area contributed by atoms with Crippen molar-refractivity contribution in [3.63, 3.8) is 0 Å². The monoisotopic (exact) mass is 306 g/mol. The summed E-state index contributed by atoms with van der Waals surface area (Å²) < 4.78 is 11.7. The van der Waals surface area contributed by atoms with Gasteiger partial charge in [-0.25, -0.2) is 0 Å². The molecule has 3 aromatic rings. The normalized spacial score (nSPS) is 10.3. The Hall–Kier alpha value is -3.14. The van der Waals surface area contributed by atoms with Crippen LogP contribution in [-0.4, -0.2) is 0 Å². The molecule has 0 heterocycles. The molecule has 0 saturated heterocycles. The molecule has 0 aliphatic carbocycles. The van der Waals surface area contributed by atoms with Gasteiger partial charge in [-0.3, -0.25) is 0 Å². The molecular formula is C19H18N2O2. The van der Waals surface area contributed by atoms with Gasteiger partial charge < -0.3 is 20.9 Å². The Morgan fingerprint density at radius 3 is 1.61 bits per heavy atom. The molecule has 0 aromatic heterocycles. The lowest BCUT2D eigenvalue weighted by Crippen LogP contribution is -1.91. The SMILES string of the molecule is Cc1cc(Oc2ccc(N)cc2)ccc1Oc1ccc(N)cc1. The first-order valence-electron chi connectivity index (χ1n) is 7.27. The van der Waals surface area contributed by atoms with Crippen LogP contribution >= 0.6 is 0 Å². The molecule has 4 heteroatoms. The summed E-state index contributed by atoms with van der Waals surface area (Å²) in [5.41, 5.74) is 13.7. The average molecular weight is 306 g/mol. The van der Waals surface area contributed by atoms with Gasteiger partial charge in [-0.05, 0) is 79.2 Å². The molecule has 0 aliphatic rings. The highest BCUT2D eigenvalue weighted by atomic mass is 16.5. The fourth-order valence-electron chi connectivity index (χ4n) is 2.13. The van der Waals surface area contributed by atoms with Crippen LogP contribution in [0.4, 0.5) is 11.4 Å². The number of hydrogen-bond acceptors (Lipinski definition) is 4. The minimum atomic E-state index is 0.709. The van der Waals surface area contributed by atoms with E-state index in [2.05, 4.69) is 0 Å². The number of anilines is 2. The molecule has 23 heavy (non-hydrogen) atoms. The third kappa shape index (κ3) is 3.74. The number of rotatable bonds is 4. The summed E-state index contributed by atoms with van der Waals surface area (Å²) >= 11 is 0. The van der Waals surface area contributed by atoms with Crippen LogP contribution in [0.25, 0.3) is 0 Å². The lowest BCUT2D eigenvalue weighted by Gasteiger charge is -2.11. The van der Waals surface area contributed by atoms with Gasteiger partial charge in [0, 0.05) is 11.4 Å². The minimum Gasteiger partial charge on any atom is -0.457 e. The highest BCUT2D eigenvalue weighted by molar-refractivity contribution is 5.47. The van der Waals surface area contributed by atoms with Crippen LogP contribution < -0.4 is 20.9 Å². The Morgan fingerprint density at radius 2 is 1.09 bits per heavy atom. The number of hydrogen-bond donors (Lipinski definition) is 2. The van der Waals surface area contributed by atoms with Crippen molar-refractivity contribution >= 4 is 11.4 Å². The van der Waals surface area contributed by atoms with Crippen molar-refractivity contribution in [1.29, 1.82) is 0 Å². The molecule has 0 amide bonds. The number of benzene rings is 3. The molecule has 0 fully saturated rings. The summed E-state index contributed by atoms with van der Waals surface area (Å²) in [5, 5.41) is 0. The van der Waals surface area contributed by atoms with E-state index in [1.54, 1.807) is 12.1 Å². The molecule has 0 atom stereocenters. The van der Waals surface area contributed by atoms with Gasteiger partial charge in [-0.2, -0.15) is 0 Å². The van der Waals surface area contributed by atoms with Gasteiger partial charge in [0.25, 0.3) is 0 Å². The largest absolute Gasteiger partial charge is 0.457 e. The molecule has 0 saturated carbocycles. The van der Waals surface area contributed by atoms with E-state index in [1.165, 1.54) is 0 Å². The number of nitrogen functional groups attached to an aromatic ring is 2. The third-order valence-corrected chi connectivity index (χ3v) is 3.37. The molecule has 3 aromatic carbocycles. The second kappa shape index (κ2) is 6.32. The van der Waals surface area contributed by atoms with E-state index < -0.39 is 0 Å². The van der Waals surface area contributed by atoms with Crippen molar-refractivity contribution in [3.05, 3.63) is 72.3 Å². The van der Waals surface area contributed by atoms with Gasteiger partial charge in [-0.1, -0.05) is 0 Å². The Bertz CT molecular complexity index is 797. The maximum absolute atomic E-state index is 5.86. The zero-order valence-corrected chi connectivity index (χ0v) is 12.8. The van der Waals surface area contributed by atoms with E-state index in [0.717, 1.165) is 28.6 Å². The van der Waals surface area contributed by atoms with Gasteiger partial charge in [0.2, 0.25) is 0 Å². The van der Waals surface area contributed by atoms with Crippen LogP contribution in [0.1, 0.15) is 5.56 Å². The Morgan fingerprint density at radius 1 is 0.609 bits per heavy atom. The number of ether oxygens (including phenoxy) is 2. The topological polar surface area (TPSA) is 70.5 Å². The van der Waals surface area contributed by atoms with Gasteiger partial charge in [0.05, 0.1) is 0 Å². The fraction of sp³-hybridized carbons (Fsp3) is 0.0526. The maximum atomic E-state index is 5.86. The summed E-state index contributed by atoms with van der Waals surface area (Å²) in [6.45, 7) is 1.97.